The third-order valence-electron chi connectivity index (χ3n) is 5.74. The molecule has 2 aromatic heterocycles. The largest absolute Gasteiger partial charge is 0.353 e. The molecule has 5 heteroatoms. The van der Waals surface area contributed by atoms with Crippen LogP contribution >= 0.6 is 11.6 Å². The number of H-pyrrole nitrogens is 1. The first-order valence-corrected chi connectivity index (χ1v) is 11.0. The molecule has 0 saturated heterocycles. The molecule has 1 amide bonds. The number of carbonyl (C=O) groups excluding carboxylic acids is 1. The monoisotopic (exact) mass is 439 g/mol. The Morgan fingerprint density at radius 3 is 2.53 bits per heavy atom. The van der Waals surface area contributed by atoms with E-state index >= 15 is 0 Å². The molecule has 0 unspecified atom stereocenters. The van der Waals surface area contributed by atoms with E-state index in [1.807, 2.05) is 66.7 Å². The quantitative estimate of drug-likeness (QED) is 0.336. The SMILES string of the molecule is Cc1ccccc1-c1nc(C(=O)NCCc2ccc(Cl)cc2)cc2c1[nH]c1ccccc12. The van der Waals surface area contributed by atoms with E-state index in [4.69, 9.17) is 16.6 Å². The third kappa shape index (κ3) is 3.85. The number of hydrogen-bond donors (Lipinski definition) is 2. The number of amides is 1. The highest BCUT2D eigenvalue weighted by Crippen LogP contribution is 2.33. The molecule has 4 nitrogen and oxygen atoms in total. The average Bonchev–Trinajstić information content (AvgIpc) is 3.19. The van der Waals surface area contributed by atoms with Crippen LogP contribution in [0.25, 0.3) is 33.1 Å². The van der Waals surface area contributed by atoms with E-state index in [1.54, 1.807) is 0 Å². The summed E-state index contributed by atoms with van der Waals surface area (Å²) in [6, 6.07) is 25.8. The number of para-hydroxylation sites is 1. The fourth-order valence-electron chi connectivity index (χ4n) is 4.06. The average molecular weight is 440 g/mol. The van der Waals surface area contributed by atoms with E-state index in [1.165, 1.54) is 0 Å². The highest BCUT2D eigenvalue weighted by Gasteiger charge is 2.17. The lowest BCUT2D eigenvalue weighted by atomic mass is 10.0. The van der Waals surface area contributed by atoms with E-state index < -0.39 is 0 Å². The van der Waals surface area contributed by atoms with Crippen molar-refractivity contribution in [3.8, 4) is 11.3 Å². The van der Waals surface area contributed by atoms with Gasteiger partial charge in [-0.25, -0.2) is 4.98 Å². The van der Waals surface area contributed by atoms with Gasteiger partial charge in [0.2, 0.25) is 0 Å². The fraction of sp³-hybridized carbons (Fsp3) is 0.111. The molecular weight excluding hydrogens is 418 g/mol. The molecule has 0 fully saturated rings. The van der Waals surface area contributed by atoms with Gasteiger partial charge < -0.3 is 10.3 Å². The topological polar surface area (TPSA) is 57.8 Å². The Hall–Kier alpha value is -3.63. The van der Waals surface area contributed by atoms with Crippen LogP contribution in [0.5, 0.6) is 0 Å². The van der Waals surface area contributed by atoms with Gasteiger partial charge >= 0.3 is 0 Å². The minimum atomic E-state index is -0.180. The summed E-state index contributed by atoms with van der Waals surface area (Å²) in [6.45, 7) is 2.58. The van der Waals surface area contributed by atoms with Gasteiger partial charge in [0.25, 0.3) is 5.91 Å². The number of halogens is 1. The summed E-state index contributed by atoms with van der Waals surface area (Å²) in [4.78, 5) is 21.4. The minimum Gasteiger partial charge on any atom is -0.353 e. The van der Waals surface area contributed by atoms with Crippen molar-refractivity contribution in [1.82, 2.24) is 15.3 Å². The number of hydrogen-bond acceptors (Lipinski definition) is 2. The number of aromatic amines is 1. The second-order valence-electron chi connectivity index (χ2n) is 7.90. The van der Waals surface area contributed by atoms with Crippen molar-refractivity contribution >= 4 is 39.3 Å². The number of fused-ring (bicyclic) bond motifs is 3. The van der Waals surface area contributed by atoms with Crippen LogP contribution in [0.1, 0.15) is 21.6 Å². The minimum absolute atomic E-state index is 0.180. The maximum Gasteiger partial charge on any atom is 0.269 e. The van der Waals surface area contributed by atoms with Crippen LogP contribution in [-0.2, 0) is 6.42 Å². The van der Waals surface area contributed by atoms with Crippen molar-refractivity contribution in [2.75, 3.05) is 6.54 Å². The highest BCUT2D eigenvalue weighted by atomic mass is 35.5. The first-order valence-electron chi connectivity index (χ1n) is 10.6. The summed E-state index contributed by atoms with van der Waals surface area (Å²) in [5.74, 6) is -0.180. The molecule has 0 bridgehead atoms. The number of rotatable bonds is 5. The van der Waals surface area contributed by atoms with Crippen molar-refractivity contribution in [2.24, 2.45) is 0 Å². The lowest BCUT2D eigenvalue weighted by molar-refractivity contribution is 0.0949. The normalized spacial score (nSPS) is 11.2. The van der Waals surface area contributed by atoms with Gasteiger partial charge in [0, 0.05) is 33.4 Å². The Morgan fingerprint density at radius 1 is 0.969 bits per heavy atom. The molecule has 32 heavy (non-hydrogen) atoms. The third-order valence-corrected chi connectivity index (χ3v) is 5.99. The molecule has 0 aliphatic carbocycles. The van der Waals surface area contributed by atoms with Crippen molar-refractivity contribution in [1.29, 1.82) is 0 Å². The van der Waals surface area contributed by atoms with E-state index in [2.05, 4.69) is 29.4 Å². The summed E-state index contributed by atoms with van der Waals surface area (Å²) < 4.78 is 0. The Bertz CT molecular complexity index is 1440. The second-order valence-corrected chi connectivity index (χ2v) is 8.33. The van der Waals surface area contributed by atoms with Crippen LogP contribution in [0.2, 0.25) is 5.02 Å². The number of aryl methyl sites for hydroxylation is 1. The van der Waals surface area contributed by atoms with Crippen LogP contribution in [-0.4, -0.2) is 22.4 Å². The van der Waals surface area contributed by atoms with Crippen LogP contribution < -0.4 is 5.32 Å². The van der Waals surface area contributed by atoms with Gasteiger partial charge in [0.1, 0.15) is 5.69 Å². The molecule has 0 atom stereocenters. The van der Waals surface area contributed by atoms with Crippen LogP contribution in [0.3, 0.4) is 0 Å². The Morgan fingerprint density at radius 2 is 1.72 bits per heavy atom. The first kappa shape index (κ1) is 20.3. The van der Waals surface area contributed by atoms with Crippen molar-refractivity contribution < 1.29 is 4.79 Å². The van der Waals surface area contributed by atoms with Gasteiger partial charge in [-0.2, -0.15) is 0 Å². The Kier molecular flexibility index (Phi) is 5.38. The molecular formula is C27H22ClN3O. The molecule has 0 radical (unpaired) electrons. The summed E-state index contributed by atoms with van der Waals surface area (Å²) >= 11 is 5.95. The van der Waals surface area contributed by atoms with Crippen LogP contribution in [0, 0.1) is 6.92 Å². The maximum atomic E-state index is 13.1. The van der Waals surface area contributed by atoms with E-state index in [0.717, 1.165) is 50.6 Å². The van der Waals surface area contributed by atoms with Gasteiger partial charge in [-0.05, 0) is 48.7 Å². The van der Waals surface area contributed by atoms with E-state index in [9.17, 15) is 4.79 Å². The molecule has 158 valence electrons. The van der Waals surface area contributed by atoms with E-state index in [-0.39, 0.29) is 5.91 Å². The molecule has 0 spiro atoms. The molecule has 5 rings (SSSR count). The van der Waals surface area contributed by atoms with Gasteiger partial charge in [0.05, 0.1) is 11.2 Å². The molecule has 0 aliphatic heterocycles. The highest BCUT2D eigenvalue weighted by molar-refractivity contribution is 6.30. The Balaban J connectivity index is 1.52. The summed E-state index contributed by atoms with van der Waals surface area (Å²) in [5.41, 5.74) is 6.42. The van der Waals surface area contributed by atoms with Crippen molar-refractivity contribution in [3.05, 3.63) is 101 Å². The van der Waals surface area contributed by atoms with Crippen LogP contribution in [0.4, 0.5) is 0 Å². The zero-order chi connectivity index (χ0) is 22.1. The summed E-state index contributed by atoms with van der Waals surface area (Å²) in [6.07, 6.45) is 0.725. The fourth-order valence-corrected chi connectivity index (χ4v) is 4.18. The lowest BCUT2D eigenvalue weighted by Crippen LogP contribution is -2.26. The van der Waals surface area contributed by atoms with Gasteiger partial charge in [-0.3, -0.25) is 4.79 Å². The number of carbonyl (C=O) groups is 1. The van der Waals surface area contributed by atoms with Gasteiger partial charge in [-0.15, -0.1) is 0 Å². The Labute approximate surface area is 191 Å². The van der Waals surface area contributed by atoms with Crippen molar-refractivity contribution in [3.63, 3.8) is 0 Å². The smallest absolute Gasteiger partial charge is 0.269 e. The zero-order valence-corrected chi connectivity index (χ0v) is 18.4. The molecule has 0 aliphatic rings. The number of pyridine rings is 1. The van der Waals surface area contributed by atoms with Crippen molar-refractivity contribution in [2.45, 2.75) is 13.3 Å². The second kappa shape index (κ2) is 8.48. The number of benzene rings is 3. The van der Waals surface area contributed by atoms with E-state index in [0.29, 0.717) is 17.3 Å². The predicted molar refractivity (Wildman–Crippen MR) is 131 cm³/mol. The zero-order valence-electron chi connectivity index (χ0n) is 17.7. The summed E-state index contributed by atoms with van der Waals surface area (Å²) in [7, 11) is 0. The number of aromatic nitrogens is 2. The van der Waals surface area contributed by atoms with Gasteiger partial charge in [-0.1, -0.05) is 66.2 Å². The number of nitrogens with zero attached hydrogens (tertiary/aromatic N) is 1. The molecule has 5 aromatic rings. The predicted octanol–water partition coefficient (Wildman–Crippen LogP) is 6.32. The molecule has 0 saturated carbocycles. The maximum absolute atomic E-state index is 13.1. The number of nitrogens with one attached hydrogen (secondary N) is 2. The lowest BCUT2D eigenvalue weighted by Gasteiger charge is -2.10. The summed E-state index contributed by atoms with van der Waals surface area (Å²) in [5, 5.41) is 5.80. The first-order chi connectivity index (χ1) is 15.6. The molecule has 3 aromatic carbocycles. The molecule has 2 N–H and O–H groups in total. The molecule has 2 heterocycles. The standard InChI is InChI=1S/C27H22ClN3O/c1-17-6-2-3-7-20(17)25-26-22(21-8-4-5-9-23(21)30-26)16-24(31-25)27(32)29-15-14-18-10-12-19(28)13-11-18/h2-13,16,30H,14-15H2,1H3,(H,29,32). The van der Waals surface area contributed by atoms with Gasteiger partial charge in [0.15, 0.2) is 0 Å². The van der Waals surface area contributed by atoms with Crippen LogP contribution in [0.15, 0.2) is 78.9 Å².